The minimum atomic E-state index is 0.397. The number of fused-ring (bicyclic) bond motifs is 1. The zero-order chi connectivity index (χ0) is 14.7. The molecular weight excluding hydrogens is 274 g/mol. The minimum absolute atomic E-state index is 0.397. The first-order chi connectivity index (χ1) is 10.3. The van der Waals surface area contributed by atoms with Crippen LogP contribution in [0.2, 0.25) is 0 Å². The van der Waals surface area contributed by atoms with Crippen molar-refractivity contribution in [2.45, 2.75) is 26.3 Å². The molecule has 0 aliphatic rings. The van der Waals surface area contributed by atoms with Crippen molar-refractivity contribution in [2.75, 3.05) is 6.54 Å². The van der Waals surface area contributed by atoms with Gasteiger partial charge in [-0.25, -0.2) is 0 Å². The highest BCUT2D eigenvalue weighted by atomic mass is 32.1. The average molecular weight is 295 g/mol. The van der Waals surface area contributed by atoms with Gasteiger partial charge in [0, 0.05) is 15.6 Å². The summed E-state index contributed by atoms with van der Waals surface area (Å²) in [4.78, 5) is 1.43. The molecular formula is C19H21NS. The van der Waals surface area contributed by atoms with E-state index in [0.717, 1.165) is 13.0 Å². The maximum Gasteiger partial charge on any atom is 0.0456 e. The normalized spacial score (nSPS) is 12.7. The molecule has 1 aromatic heterocycles. The molecule has 1 atom stereocenters. The Balaban J connectivity index is 1.92. The van der Waals surface area contributed by atoms with E-state index in [9.17, 15) is 0 Å². The van der Waals surface area contributed by atoms with Crippen LogP contribution in [0.3, 0.4) is 0 Å². The Labute approximate surface area is 130 Å². The fourth-order valence-corrected chi connectivity index (χ4v) is 3.89. The first-order valence-electron chi connectivity index (χ1n) is 7.54. The Morgan fingerprint density at radius 1 is 1.05 bits per heavy atom. The molecule has 108 valence electrons. The summed E-state index contributed by atoms with van der Waals surface area (Å²) in [6, 6.07) is 20.1. The van der Waals surface area contributed by atoms with Crippen LogP contribution < -0.4 is 5.32 Å². The summed E-state index contributed by atoms with van der Waals surface area (Å²) in [5.74, 6) is 0. The van der Waals surface area contributed by atoms with E-state index in [2.05, 4.69) is 73.8 Å². The van der Waals surface area contributed by atoms with E-state index in [-0.39, 0.29) is 0 Å². The van der Waals surface area contributed by atoms with E-state index in [0.29, 0.717) is 6.04 Å². The van der Waals surface area contributed by atoms with Crippen molar-refractivity contribution >= 4 is 21.4 Å². The number of hydrogen-bond donors (Lipinski definition) is 1. The van der Waals surface area contributed by atoms with Crippen LogP contribution in [-0.4, -0.2) is 6.54 Å². The molecule has 21 heavy (non-hydrogen) atoms. The van der Waals surface area contributed by atoms with Gasteiger partial charge in [-0.1, -0.05) is 49.4 Å². The summed E-state index contributed by atoms with van der Waals surface area (Å²) in [5.41, 5.74) is 2.81. The Morgan fingerprint density at radius 2 is 1.81 bits per heavy atom. The van der Waals surface area contributed by atoms with E-state index >= 15 is 0 Å². The fourth-order valence-electron chi connectivity index (χ4n) is 2.75. The molecule has 0 bridgehead atoms. The van der Waals surface area contributed by atoms with Crippen LogP contribution in [0, 0.1) is 6.92 Å². The monoisotopic (exact) mass is 295 g/mol. The standard InChI is InChI=1S/C19H21NS/c1-3-20-17(12-15-9-5-4-8-14(15)2)19-13-16-10-6-7-11-18(16)21-19/h4-11,13,17,20H,3,12H2,1-2H3. The highest BCUT2D eigenvalue weighted by Gasteiger charge is 2.15. The van der Waals surface area contributed by atoms with Crippen LogP contribution >= 0.6 is 11.3 Å². The minimum Gasteiger partial charge on any atom is -0.309 e. The quantitative estimate of drug-likeness (QED) is 0.690. The van der Waals surface area contributed by atoms with Crippen molar-refractivity contribution in [2.24, 2.45) is 0 Å². The SMILES string of the molecule is CCNC(Cc1ccccc1C)c1cc2ccccc2s1. The van der Waals surface area contributed by atoms with Gasteiger partial charge >= 0.3 is 0 Å². The third-order valence-electron chi connectivity index (χ3n) is 3.92. The Morgan fingerprint density at radius 3 is 2.57 bits per heavy atom. The van der Waals surface area contributed by atoms with E-state index in [1.165, 1.54) is 26.1 Å². The van der Waals surface area contributed by atoms with Crippen LogP contribution in [0.15, 0.2) is 54.6 Å². The molecule has 1 nitrogen and oxygen atoms in total. The third kappa shape index (κ3) is 3.17. The zero-order valence-electron chi connectivity index (χ0n) is 12.6. The molecule has 0 radical (unpaired) electrons. The van der Waals surface area contributed by atoms with Gasteiger partial charge in [-0.05, 0) is 48.5 Å². The topological polar surface area (TPSA) is 12.0 Å². The lowest BCUT2D eigenvalue weighted by molar-refractivity contribution is 0.557. The molecule has 3 aromatic rings. The van der Waals surface area contributed by atoms with Gasteiger partial charge in [-0.15, -0.1) is 11.3 Å². The van der Waals surface area contributed by atoms with Crippen LogP contribution in [0.1, 0.15) is 29.0 Å². The van der Waals surface area contributed by atoms with E-state index in [1.54, 1.807) is 0 Å². The van der Waals surface area contributed by atoms with Crippen molar-refractivity contribution in [3.63, 3.8) is 0 Å². The lowest BCUT2D eigenvalue weighted by Crippen LogP contribution is -2.22. The maximum absolute atomic E-state index is 3.65. The van der Waals surface area contributed by atoms with Gasteiger partial charge in [-0.2, -0.15) is 0 Å². The lowest BCUT2D eigenvalue weighted by Gasteiger charge is -2.17. The third-order valence-corrected chi connectivity index (χ3v) is 5.15. The zero-order valence-corrected chi connectivity index (χ0v) is 13.4. The first kappa shape index (κ1) is 14.3. The van der Waals surface area contributed by atoms with E-state index in [4.69, 9.17) is 0 Å². The predicted molar refractivity (Wildman–Crippen MR) is 93.1 cm³/mol. The lowest BCUT2D eigenvalue weighted by atomic mass is 10.00. The molecule has 0 aliphatic heterocycles. The number of hydrogen-bond acceptors (Lipinski definition) is 2. The predicted octanol–water partition coefficient (Wildman–Crippen LogP) is 5.10. The number of aryl methyl sites for hydroxylation is 1. The average Bonchev–Trinajstić information content (AvgIpc) is 2.93. The van der Waals surface area contributed by atoms with E-state index < -0.39 is 0 Å². The molecule has 2 heteroatoms. The van der Waals surface area contributed by atoms with Crippen LogP contribution in [-0.2, 0) is 6.42 Å². The second-order valence-corrected chi connectivity index (χ2v) is 6.54. The van der Waals surface area contributed by atoms with Gasteiger partial charge in [0.2, 0.25) is 0 Å². The summed E-state index contributed by atoms with van der Waals surface area (Å²) < 4.78 is 1.38. The fraction of sp³-hybridized carbons (Fsp3) is 0.263. The van der Waals surface area contributed by atoms with Gasteiger partial charge < -0.3 is 5.32 Å². The van der Waals surface area contributed by atoms with Crippen molar-refractivity contribution in [3.05, 3.63) is 70.6 Å². The molecule has 0 fully saturated rings. The summed E-state index contributed by atoms with van der Waals surface area (Å²) in [7, 11) is 0. The van der Waals surface area contributed by atoms with Crippen molar-refractivity contribution < 1.29 is 0 Å². The molecule has 0 aliphatic carbocycles. The second-order valence-electron chi connectivity index (χ2n) is 5.43. The number of thiophene rings is 1. The summed E-state index contributed by atoms with van der Waals surface area (Å²) in [6.07, 6.45) is 1.05. The molecule has 0 saturated heterocycles. The number of rotatable bonds is 5. The Bertz CT molecular complexity index is 696. The molecule has 1 heterocycles. The van der Waals surface area contributed by atoms with Crippen LogP contribution in [0.4, 0.5) is 0 Å². The van der Waals surface area contributed by atoms with Gasteiger partial charge in [0.15, 0.2) is 0 Å². The maximum atomic E-state index is 3.65. The van der Waals surface area contributed by atoms with Crippen molar-refractivity contribution in [1.82, 2.24) is 5.32 Å². The van der Waals surface area contributed by atoms with Crippen molar-refractivity contribution in [3.8, 4) is 0 Å². The van der Waals surface area contributed by atoms with Crippen LogP contribution in [0.5, 0.6) is 0 Å². The first-order valence-corrected chi connectivity index (χ1v) is 8.36. The van der Waals surface area contributed by atoms with Gasteiger partial charge in [0.1, 0.15) is 0 Å². The number of nitrogens with one attached hydrogen (secondary N) is 1. The molecule has 0 spiro atoms. The molecule has 1 unspecified atom stereocenters. The largest absolute Gasteiger partial charge is 0.309 e. The van der Waals surface area contributed by atoms with Gasteiger partial charge in [-0.3, -0.25) is 0 Å². The highest BCUT2D eigenvalue weighted by molar-refractivity contribution is 7.19. The number of likely N-dealkylation sites (N-methyl/N-ethyl adjacent to an activating group) is 1. The smallest absolute Gasteiger partial charge is 0.0456 e. The van der Waals surface area contributed by atoms with E-state index in [1.807, 2.05) is 11.3 Å². The summed E-state index contributed by atoms with van der Waals surface area (Å²) in [6.45, 7) is 5.37. The molecule has 0 amide bonds. The second kappa shape index (κ2) is 6.42. The van der Waals surface area contributed by atoms with Gasteiger partial charge in [0.25, 0.3) is 0 Å². The number of benzene rings is 2. The highest BCUT2D eigenvalue weighted by Crippen LogP contribution is 2.31. The Kier molecular flexibility index (Phi) is 4.37. The molecule has 0 saturated carbocycles. The molecule has 2 aromatic carbocycles. The summed E-state index contributed by atoms with van der Waals surface area (Å²) >= 11 is 1.91. The summed E-state index contributed by atoms with van der Waals surface area (Å²) in [5, 5.41) is 5.00. The molecule has 3 rings (SSSR count). The molecule has 1 N–H and O–H groups in total. The van der Waals surface area contributed by atoms with Crippen LogP contribution in [0.25, 0.3) is 10.1 Å². The van der Waals surface area contributed by atoms with Crippen molar-refractivity contribution in [1.29, 1.82) is 0 Å². The van der Waals surface area contributed by atoms with Gasteiger partial charge in [0.05, 0.1) is 0 Å². The Hall–Kier alpha value is -1.64.